The number of benzene rings is 1. The highest BCUT2D eigenvalue weighted by Crippen LogP contribution is 2.20. The molecule has 0 saturated carbocycles. The van der Waals surface area contributed by atoms with Gasteiger partial charge >= 0.3 is 0 Å². The zero-order valence-electron chi connectivity index (χ0n) is 10.6. The molecular formula is C14H15N3OS. The van der Waals surface area contributed by atoms with E-state index in [1.165, 1.54) is 0 Å². The average Bonchev–Trinajstić information content (AvgIpc) is 2.45. The van der Waals surface area contributed by atoms with Crippen molar-refractivity contribution < 1.29 is 4.79 Å². The second-order valence-corrected chi connectivity index (χ2v) is 4.32. The Morgan fingerprint density at radius 1 is 1.42 bits per heavy atom. The fourth-order valence-corrected chi connectivity index (χ4v) is 2.08. The van der Waals surface area contributed by atoms with Crippen molar-refractivity contribution in [2.24, 2.45) is 4.99 Å². The first kappa shape index (κ1) is 13.6. The molecule has 0 fully saturated rings. The Bertz CT molecular complexity index is 551. The molecule has 1 aliphatic heterocycles. The predicted molar refractivity (Wildman–Crippen MR) is 79.9 cm³/mol. The summed E-state index contributed by atoms with van der Waals surface area (Å²) in [7, 11) is 1.72. The summed E-state index contributed by atoms with van der Waals surface area (Å²) >= 11 is 3.95. The van der Waals surface area contributed by atoms with Crippen molar-refractivity contribution in [3.8, 4) is 0 Å². The van der Waals surface area contributed by atoms with Gasteiger partial charge < -0.3 is 4.90 Å². The Morgan fingerprint density at radius 2 is 2.11 bits per heavy atom. The van der Waals surface area contributed by atoms with Gasteiger partial charge in [-0.25, -0.2) is 4.72 Å². The molecule has 1 heterocycles. The normalized spacial score (nSPS) is 21.5. The summed E-state index contributed by atoms with van der Waals surface area (Å²) in [4.78, 5) is 18.0. The van der Waals surface area contributed by atoms with Crippen molar-refractivity contribution in [1.82, 2.24) is 9.62 Å². The molecule has 2 rings (SSSR count). The Morgan fingerprint density at radius 3 is 2.68 bits per heavy atom. The van der Waals surface area contributed by atoms with Crippen LogP contribution in [-0.4, -0.2) is 29.7 Å². The standard InChI is InChI=1S/C14H15N3OS/c1-3-7-11-12(10-8-5-4-6-9-10)15-13(16-19)14(18)17(11)2/h3-9,13,16,19H,1H2,2H3/b11-7-. The molecule has 1 aromatic rings. The Labute approximate surface area is 118 Å². The van der Waals surface area contributed by atoms with E-state index in [0.717, 1.165) is 17.0 Å². The minimum Gasteiger partial charge on any atom is -0.310 e. The van der Waals surface area contributed by atoms with Gasteiger partial charge in [0, 0.05) is 12.6 Å². The van der Waals surface area contributed by atoms with Gasteiger partial charge in [-0.2, -0.15) is 0 Å². The van der Waals surface area contributed by atoms with E-state index in [2.05, 4.69) is 29.1 Å². The summed E-state index contributed by atoms with van der Waals surface area (Å²) < 4.78 is 2.61. The molecular weight excluding hydrogens is 258 g/mol. The van der Waals surface area contributed by atoms with Crippen molar-refractivity contribution >= 4 is 24.4 Å². The van der Waals surface area contributed by atoms with Crippen molar-refractivity contribution in [2.75, 3.05) is 7.05 Å². The van der Waals surface area contributed by atoms with Crippen LogP contribution < -0.4 is 4.72 Å². The molecule has 0 saturated heterocycles. The minimum atomic E-state index is -0.675. The fourth-order valence-electron chi connectivity index (χ4n) is 1.92. The summed E-state index contributed by atoms with van der Waals surface area (Å²) in [5, 5.41) is 0. The van der Waals surface area contributed by atoms with Gasteiger partial charge in [-0.1, -0.05) is 55.8 Å². The van der Waals surface area contributed by atoms with Crippen molar-refractivity contribution in [1.29, 1.82) is 0 Å². The number of nitrogens with zero attached hydrogens (tertiary/aromatic N) is 2. The van der Waals surface area contributed by atoms with Crippen LogP contribution in [0.5, 0.6) is 0 Å². The molecule has 0 spiro atoms. The number of carbonyl (C=O) groups excluding carboxylic acids is 1. The lowest BCUT2D eigenvalue weighted by Crippen LogP contribution is -2.46. The second-order valence-electron chi connectivity index (χ2n) is 4.06. The molecule has 0 aliphatic carbocycles. The zero-order chi connectivity index (χ0) is 13.8. The van der Waals surface area contributed by atoms with Crippen LogP contribution in [-0.2, 0) is 4.79 Å². The third-order valence-corrected chi connectivity index (χ3v) is 3.12. The van der Waals surface area contributed by atoms with Crippen LogP contribution in [0.25, 0.3) is 0 Å². The minimum absolute atomic E-state index is 0.150. The second kappa shape index (κ2) is 5.86. The van der Waals surface area contributed by atoms with Crippen LogP contribution in [0.15, 0.2) is 59.8 Å². The molecule has 1 amide bonds. The molecule has 1 aromatic carbocycles. The topological polar surface area (TPSA) is 44.7 Å². The third-order valence-electron chi connectivity index (χ3n) is 2.87. The lowest BCUT2D eigenvalue weighted by atomic mass is 10.0. The number of nitrogens with one attached hydrogen (secondary N) is 1. The van der Waals surface area contributed by atoms with Crippen LogP contribution in [0.3, 0.4) is 0 Å². The van der Waals surface area contributed by atoms with E-state index in [1.54, 1.807) is 24.1 Å². The van der Waals surface area contributed by atoms with Gasteiger partial charge in [0.25, 0.3) is 5.91 Å². The molecule has 0 bridgehead atoms. The molecule has 19 heavy (non-hydrogen) atoms. The smallest absolute Gasteiger partial charge is 0.267 e. The van der Waals surface area contributed by atoms with E-state index in [4.69, 9.17) is 0 Å². The quantitative estimate of drug-likeness (QED) is 0.825. The van der Waals surface area contributed by atoms with E-state index in [9.17, 15) is 4.79 Å². The number of thiol groups is 1. The van der Waals surface area contributed by atoms with Crippen LogP contribution >= 0.6 is 12.8 Å². The number of carbonyl (C=O) groups is 1. The maximum Gasteiger partial charge on any atom is 0.267 e. The number of aliphatic imine (C=N–C) groups is 1. The highest BCUT2D eigenvalue weighted by Gasteiger charge is 2.30. The van der Waals surface area contributed by atoms with Gasteiger partial charge in [-0.05, 0) is 6.08 Å². The number of hydrogen-bond acceptors (Lipinski definition) is 4. The highest BCUT2D eigenvalue weighted by molar-refractivity contribution is 7.78. The van der Waals surface area contributed by atoms with Crippen LogP contribution in [0, 0.1) is 0 Å². The van der Waals surface area contributed by atoms with Gasteiger partial charge in [0.15, 0.2) is 6.17 Å². The van der Waals surface area contributed by atoms with Gasteiger partial charge in [-0.3, -0.25) is 9.79 Å². The number of amides is 1. The van der Waals surface area contributed by atoms with Gasteiger partial charge in [-0.15, -0.1) is 0 Å². The number of rotatable bonds is 3. The third kappa shape index (κ3) is 2.62. The molecule has 0 aromatic heterocycles. The first-order valence-electron chi connectivity index (χ1n) is 5.82. The number of allylic oxidation sites excluding steroid dienone is 3. The molecule has 5 heteroatoms. The molecule has 1 aliphatic rings. The summed E-state index contributed by atoms with van der Waals surface area (Å²) in [6.07, 6.45) is 2.75. The van der Waals surface area contributed by atoms with Crippen molar-refractivity contribution in [2.45, 2.75) is 6.17 Å². The van der Waals surface area contributed by atoms with E-state index in [1.807, 2.05) is 30.3 Å². The lowest BCUT2D eigenvalue weighted by Gasteiger charge is -2.30. The van der Waals surface area contributed by atoms with E-state index >= 15 is 0 Å². The molecule has 1 unspecified atom stereocenters. The van der Waals surface area contributed by atoms with Crippen LogP contribution in [0.2, 0.25) is 0 Å². The Balaban J connectivity index is 2.56. The largest absolute Gasteiger partial charge is 0.310 e. The van der Waals surface area contributed by atoms with Gasteiger partial charge in [0.05, 0.1) is 11.4 Å². The highest BCUT2D eigenvalue weighted by atomic mass is 32.1. The molecule has 4 nitrogen and oxygen atoms in total. The predicted octanol–water partition coefficient (Wildman–Crippen LogP) is 1.78. The monoisotopic (exact) mass is 273 g/mol. The zero-order valence-corrected chi connectivity index (χ0v) is 11.5. The maximum atomic E-state index is 12.1. The number of likely N-dealkylation sites (N-methyl/N-ethyl adjacent to an activating group) is 1. The van der Waals surface area contributed by atoms with Crippen LogP contribution in [0.4, 0.5) is 0 Å². The SMILES string of the molecule is C=C/C=C1/C(c2ccccc2)=NC(NS)C(=O)N1C. The van der Waals surface area contributed by atoms with Gasteiger partial charge in [0.2, 0.25) is 0 Å². The summed E-state index contributed by atoms with van der Waals surface area (Å²) in [5.74, 6) is -0.150. The van der Waals surface area contributed by atoms with Crippen molar-refractivity contribution in [3.05, 3.63) is 60.3 Å². The molecule has 1 N–H and O–H groups in total. The summed E-state index contributed by atoms with van der Waals surface area (Å²) in [6, 6.07) is 9.71. The molecule has 98 valence electrons. The maximum absolute atomic E-state index is 12.1. The number of hydrogen-bond donors (Lipinski definition) is 2. The van der Waals surface area contributed by atoms with Crippen LogP contribution in [0.1, 0.15) is 5.56 Å². The van der Waals surface area contributed by atoms with E-state index in [0.29, 0.717) is 0 Å². The van der Waals surface area contributed by atoms with E-state index < -0.39 is 6.17 Å². The molecule has 1 atom stereocenters. The Kier molecular flexibility index (Phi) is 4.19. The molecule has 0 radical (unpaired) electrons. The summed E-state index contributed by atoms with van der Waals surface area (Å²) in [6.45, 7) is 3.68. The first-order chi connectivity index (χ1) is 9.19. The lowest BCUT2D eigenvalue weighted by molar-refractivity contribution is -0.129. The summed E-state index contributed by atoms with van der Waals surface area (Å²) in [5.41, 5.74) is 2.42. The fraction of sp³-hybridized carbons (Fsp3) is 0.143. The average molecular weight is 273 g/mol. The van der Waals surface area contributed by atoms with Crippen molar-refractivity contribution in [3.63, 3.8) is 0 Å². The van der Waals surface area contributed by atoms with E-state index in [-0.39, 0.29) is 5.91 Å². The first-order valence-corrected chi connectivity index (χ1v) is 6.27. The van der Waals surface area contributed by atoms with Gasteiger partial charge in [0.1, 0.15) is 0 Å². The Hall–Kier alpha value is -1.85.